The third-order valence-electron chi connectivity index (χ3n) is 11.7. The van der Waals surface area contributed by atoms with Crippen LogP contribution in [0.25, 0.3) is 0 Å². The highest BCUT2D eigenvalue weighted by molar-refractivity contribution is 7.91. The first kappa shape index (κ1) is 40.2. The molecule has 13 nitrogen and oxygen atoms in total. The first-order valence-electron chi connectivity index (χ1n) is 18.9. The van der Waals surface area contributed by atoms with E-state index in [0.29, 0.717) is 44.7 Å². The molecule has 0 radical (unpaired) electrons. The smallest absolute Gasteiger partial charge is 0.315 e. The van der Waals surface area contributed by atoms with Crippen molar-refractivity contribution in [3.05, 3.63) is 17.5 Å². The second kappa shape index (κ2) is 16.1. The number of ketones is 1. The Morgan fingerprint density at radius 1 is 1.04 bits per heavy atom. The molecule has 290 valence electrons. The zero-order valence-corrected chi connectivity index (χ0v) is 33.2. The summed E-state index contributed by atoms with van der Waals surface area (Å²) in [5, 5.41) is 13.2. The van der Waals surface area contributed by atoms with Gasteiger partial charge in [0.1, 0.15) is 16.3 Å². The van der Waals surface area contributed by atoms with Crippen LogP contribution in [0, 0.1) is 28.6 Å². The van der Waals surface area contributed by atoms with Gasteiger partial charge in [-0.25, -0.2) is 13.2 Å². The summed E-state index contributed by atoms with van der Waals surface area (Å²) in [5.41, 5.74) is -0.714. The Kier molecular flexibility index (Phi) is 12.5. The molecule has 3 heterocycles. The fourth-order valence-corrected chi connectivity index (χ4v) is 10.2. The van der Waals surface area contributed by atoms with Gasteiger partial charge >= 0.3 is 6.03 Å². The second-order valence-electron chi connectivity index (χ2n) is 17.0. The van der Waals surface area contributed by atoms with Gasteiger partial charge in [0.05, 0.1) is 6.04 Å². The molecule has 0 bridgehead atoms. The van der Waals surface area contributed by atoms with Gasteiger partial charge in [-0.2, -0.15) is 4.31 Å². The molecule has 5 rings (SSSR count). The molecule has 4 N–H and O–H groups in total. The number of carbonyl (C=O) groups excluding carboxylic acids is 5. The molecule has 4 fully saturated rings. The number of hydrogen-bond acceptors (Lipinski definition) is 8. The number of sulfonamides is 1. The summed E-state index contributed by atoms with van der Waals surface area (Å²) in [7, 11) is -2.27. The number of carbonyl (C=O) groups is 5. The van der Waals surface area contributed by atoms with Gasteiger partial charge in [-0.1, -0.05) is 79.2 Å². The van der Waals surface area contributed by atoms with E-state index in [0.717, 1.165) is 49.9 Å². The van der Waals surface area contributed by atoms with Crippen molar-refractivity contribution in [2.24, 2.45) is 28.6 Å². The van der Waals surface area contributed by atoms with Crippen molar-refractivity contribution in [1.82, 2.24) is 30.5 Å². The van der Waals surface area contributed by atoms with Crippen molar-refractivity contribution < 1.29 is 32.4 Å². The van der Waals surface area contributed by atoms with Gasteiger partial charge in [0, 0.05) is 32.7 Å². The van der Waals surface area contributed by atoms with E-state index >= 15 is 0 Å². The number of likely N-dealkylation sites (N-methyl/N-ethyl adjacent to an activating group) is 1. The number of urea groups is 1. The van der Waals surface area contributed by atoms with Crippen molar-refractivity contribution in [2.45, 2.75) is 127 Å². The van der Waals surface area contributed by atoms with Crippen LogP contribution in [0.2, 0.25) is 0 Å². The molecule has 2 aliphatic heterocycles. The maximum absolute atomic E-state index is 14.4. The average Bonchev–Trinajstić information content (AvgIpc) is 3.78. The number of thiophene rings is 1. The number of nitrogens with zero attached hydrogens (tertiary/aromatic N) is 2. The van der Waals surface area contributed by atoms with Crippen molar-refractivity contribution in [3.8, 4) is 0 Å². The maximum atomic E-state index is 14.4. The van der Waals surface area contributed by atoms with Gasteiger partial charge in [0.25, 0.3) is 15.9 Å². The molecule has 2 saturated heterocycles. The van der Waals surface area contributed by atoms with E-state index in [1.165, 1.54) is 11.4 Å². The van der Waals surface area contributed by atoms with Crippen LogP contribution in [0.1, 0.15) is 98.8 Å². The summed E-state index contributed by atoms with van der Waals surface area (Å²) < 4.78 is 27.8. The van der Waals surface area contributed by atoms with Crippen LogP contribution in [0.4, 0.5) is 4.79 Å². The Morgan fingerprint density at radius 2 is 1.69 bits per heavy atom. The predicted molar refractivity (Wildman–Crippen MR) is 199 cm³/mol. The summed E-state index contributed by atoms with van der Waals surface area (Å²) in [6.45, 7) is 10.7. The zero-order valence-electron chi connectivity index (χ0n) is 31.5. The van der Waals surface area contributed by atoms with Crippen LogP contribution in [0.3, 0.4) is 0 Å². The monoisotopic (exact) mass is 762 g/mol. The predicted octanol–water partition coefficient (Wildman–Crippen LogP) is 3.65. The van der Waals surface area contributed by atoms with Crippen LogP contribution in [0.15, 0.2) is 21.7 Å². The third kappa shape index (κ3) is 9.36. The van der Waals surface area contributed by atoms with Crippen molar-refractivity contribution in [1.29, 1.82) is 0 Å². The number of piperidine rings is 1. The fourth-order valence-electron chi connectivity index (χ4n) is 7.82. The summed E-state index contributed by atoms with van der Waals surface area (Å²) in [6.07, 6.45) is 7.65. The standard InChI is InChI=1S/C37H58N6O7S2/c1-36(2,3)27(22-42(6)52(49,50)28-16-13-19-51-28)41-35(48)40-26-15-12-10-8-7-9-11-14-25(31(44)33(46)38-20-23-17-18-23)39-32(45)30-29-24(37(29,4)5)21-43(30)34(26)47/h13,16,19,23-27,29-30H,7-12,14-15,17-18,20-22H2,1-6H3,(H,38,46)(H,39,45)(H2,40,41,48)/t24?,25-,26-,27+,29-,30-/m0/s1. The molecule has 5 amide bonds. The Bertz CT molecular complexity index is 1590. The van der Waals surface area contributed by atoms with Gasteiger partial charge in [-0.15, -0.1) is 11.3 Å². The topological polar surface area (TPSA) is 174 Å². The molecule has 6 atom stereocenters. The molecule has 1 aromatic heterocycles. The van der Waals surface area contributed by atoms with E-state index in [9.17, 15) is 32.4 Å². The molecule has 2 aliphatic carbocycles. The van der Waals surface area contributed by atoms with Crippen molar-refractivity contribution in [2.75, 3.05) is 26.7 Å². The molecular weight excluding hydrogens is 705 g/mol. The lowest BCUT2D eigenvalue weighted by molar-refractivity contribution is -0.144. The summed E-state index contributed by atoms with van der Waals surface area (Å²) in [4.78, 5) is 70.0. The highest BCUT2D eigenvalue weighted by Crippen LogP contribution is 2.65. The first-order chi connectivity index (χ1) is 24.4. The van der Waals surface area contributed by atoms with E-state index in [2.05, 4.69) is 35.1 Å². The van der Waals surface area contributed by atoms with Crippen LogP contribution in [-0.2, 0) is 29.2 Å². The van der Waals surface area contributed by atoms with Crippen LogP contribution in [0.5, 0.6) is 0 Å². The lowest BCUT2D eigenvalue weighted by atomic mass is 9.86. The van der Waals surface area contributed by atoms with E-state index in [4.69, 9.17) is 0 Å². The number of Topliss-reactive ketones (excluding diaryl/α,β-unsaturated/α-hetero) is 1. The van der Waals surface area contributed by atoms with Gasteiger partial charge < -0.3 is 26.2 Å². The molecule has 0 spiro atoms. The van der Waals surface area contributed by atoms with E-state index in [1.54, 1.807) is 22.4 Å². The molecule has 2 saturated carbocycles. The van der Waals surface area contributed by atoms with Crippen molar-refractivity contribution in [3.63, 3.8) is 0 Å². The third-order valence-corrected chi connectivity index (χ3v) is 14.9. The van der Waals surface area contributed by atoms with Gasteiger partial charge in [-0.05, 0) is 65.7 Å². The Hall–Kier alpha value is -3.04. The normalized spacial score (nSPS) is 27.7. The fraction of sp³-hybridized carbons (Fsp3) is 0.757. The molecule has 4 aliphatic rings. The Balaban J connectivity index is 1.32. The molecule has 52 heavy (non-hydrogen) atoms. The van der Waals surface area contributed by atoms with Gasteiger partial charge in [0.2, 0.25) is 17.6 Å². The Morgan fingerprint density at radius 3 is 2.31 bits per heavy atom. The van der Waals surface area contributed by atoms with Crippen LogP contribution < -0.4 is 21.3 Å². The molecule has 1 unspecified atom stereocenters. The highest BCUT2D eigenvalue weighted by atomic mass is 32.2. The van der Waals surface area contributed by atoms with Crippen LogP contribution in [-0.4, -0.2) is 98.0 Å². The number of hydrogen-bond donors (Lipinski definition) is 4. The number of rotatable bonds is 10. The molecule has 0 aromatic carbocycles. The summed E-state index contributed by atoms with van der Waals surface area (Å²) in [5.74, 6) is -1.76. The van der Waals surface area contributed by atoms with E-state index in [-0.39, 0.29) is 33.9 Å². The number of nitrogens with one attached hydrogen (secondary N) is 4. The second-order valence-corrected chi connectivity index (χ2v) is 20.2. The molecular formula is C37H58N6O7S2. The quantitative estimate of drug-likeness (QED) is 0.264. The summed E-state index contributed by atoms with van der Waals surface area (Å²) in [6, 6.07) is -0.704. The minimum Gasteiger partial charge on any atom is -0.349 e. The maximum Gasteiger partial charge on any atom is 0.315 e. The van der Waals surface area contributed by atoms with Crippen LogP contribution >= 0.6 is 11.3 Å². The number of amides is 5. The van der Waals surface area contributed by atoms with E-state index < -0.39 is 63.2 Å². The zero-order chi connectivity index (χ0) is 38.0. The SMILES string of the molecule is CN(C[C@@H](NC(=O)N[C@H]1CCCCCCCC[C@@H](C(=O)C(=O)NCC2CC2)NC(=O)[C@@H]2[C@@H]3C(CN2C1=O)C3(C)C)C(C)(C)C)S(=O)(=O)c1cccs1. The van der Waals surface area contributed by atoms with Gasteiger partial charge in [0.15, 0.2) is 0 Å². The summed E-state index contributed by atoms with van der Waals surface area (Å²) >= 11 is 1.13. The minimum absolute atomic E-state index is 0.0150. The number of fused-ring (bicyclic) bond motifs is 3. The van der Waals surface area contributed by atoms with Crippen molar-refractivity contribution >= 4 is 50.9 Å². The van der Waals surface area contributed by atoms with Gasteiger partial charge in [-0.3, -0.25) is 19.2 Å². The largest absolute Gasteiger partial charge is 0.349 e. The van der Waals surface area contributed by atoms with E-state index in [1.807, 2.05) is 20.8 Å². The lowest BCUT2D eigenvalue weighted by Gasteiger charge is -2.36. The Labute approximate surface area is 312 Å². The average molecular weight is 763 g/mol. The molecule has 1 aromatic rings. The highest BCUT2D eigenvalue weighted by Gasteiger charge is 2.69. The first-order valence-corrected chi connectivity index (χ1v) is 21.2. The molecule has 15 heteroatoms. The minimum atomic E-state index is -3.76. The lowest BCUT2D eigenvalue weighted by Crippen LogP contribution is -2.60.